The van der Waals surface area contributed by atoms with Crippen molar-refractivity contribution in [3.8, 4) is 11.3 Å². The molecule has 0 unspecified atom stereocenters. The van der Waals surface area contributed by atoms with Gasteiger partial charge < -0.3 is 14.9 Å². The first-order chi connectivity index (χ1) is 13.3. The second-order valence-corrected chi connectivity index (χ2v) is 7.14. The van der Waals surface area contributed by atoms with E-state index in [0.717, 1.165) is 55.4 Å². The molecule has 1 aromatic heterocycles. The lowest BCUT2D eigenvalue weighted by atomic mass is 10.0. The molecule has 4 rings (SSSR count). The molecule has 0 saturated carbocycles. The average Bonchev–Trinajstić information content (AvgIpc) is 2.74. The van der Waals surface area contributed by atoms with Gasteiger partial charge in [-0.15, -0.1) is 0 Å². The van der Waals surface area contributed by atoms with Gasteiger partial charge in [-0.2, -0.15) is 0 Å². The van der Waals surface area contributed by atoms with Gasteiger partial charge in [-0.1, -0.05) is 62.9 Å². The molecule has 2 aromatic carbocycles. The summed E-state index contributed by atoms with van der Waals surface area (Å²) in [5, 5.41) is 11.6. The summed E-state index contributed by atoms with van der Waals surface area (Å²) < 4.78 is 0. The van der Waals surface area contributed by atoms with Crippen LogP contribution in [0.4, 0.5) is 5.82 Å². The standard InChI is InChI=1S/C23H27N3O.CH4/c1-2-25-12-14-26(15-13-25)23-21-6-4-3-5-20(21)17-22(24-23)19-9-7-18(8-10-19)11-16-27;/h3-10,17,27H,2,11-16H2,1H3;1H4. The highest BCUT2D eigenvalue weighted by Crippen LogP contribution is 2.30. The van der Waals surface area contributed by atoms with Crippen LogP contribution in [0.15, 0.2) is 54.6 Å². The Kier molecular flexibility index (Phi) is 6.65. The van der Waals surface area contributed by atoms with E-state index in [-0.39, 0.29) is 14.0 Å². The van der Waals surface area contributed by atoms with Crippen LogP contribution in [0.5, 0.6) is 0 Å². The van der Waals surface area contributed by atoms with E-state index in [1.54, 1.807) is 0 Å². The van der Waals surface area contributed by atoms with Crippen molar-refractivity contribution >= 4 is 16.6 Å². The summed E-state index contributed by atoms with van der Waals surface area (Å²) >= 11 is 0. The van der Waals surface area contributed by atoms with Gasteiger partial charge in [0.25, 0.3) is 0 Å². The Balaban J connectivity index is 0.00000225. The summed E-state index contributed by atoms with van der Waals surface area (Å²) in [4.78, 5) is 10.00. The Morgan fingerprint density at radius 3 is 2.36 bits per heavy atom. The zero-order valence-electron chi connectivity index (χ0n) is 15.9. The fourth-order valence-corrected chi connectivity index (χ4v) is 3.82. The third-order valence-electron chi connectivity index (χ3n) is 5.49. The van der Waals surface area contributed by atoms with Crippen LogP contribution in [0.3, 0.4) is 0 Å². The lowest BCUT2D eigenvalue weighted by Crippen LogP contribution is -2.46. The van der Waals surface area contributed by atoms with E-state index in [9.17, 15) is 0 Å². The predicted molar refractivity (Wildman–Crippen MR) is 119 cm³/mol. The maximum Gasteiger partial charge on any atom is 0.137 e. The van der Waals surface area contributed by atoms with E-state index >= 15 is 0 Å². The van der Waals surface area contributed by atoms with Crippen LogP contribution < -0.4 is 4.90 Å². The van der Waals surface area contributed by atoms with Gasteiger partial charge in [-0.25, -0.2) is 4.98 Å². The molecule has 2 heterocycles. The number of fused-ring (bicyclic) bond motifs is 1. The van der Waals surface area contributed by atoms with Gasteiger partial charge in [0, 0.05) is 43.7 Å². The molecule has 28 heavy (non-hydrogen) atoms. The topological polar surface area (TPSA) is 39.6 Å². The first kappa shape index (κ1) is 20.3. The summed E-state index contributed by atoms with van der Waals surface area (Å²) in [5.41, 5.74) is 3.28. The number of pyridine rings is 1. The molecule has 0 atom stereocenters. The number of aromatic nitrogens is 1. The van der Waals surface area contributed by atoms with Crippen molar-refractivity contribution in [2.75, 3.05) is 44.2 Å². The summed E-state index contributed by atoms with van der Waals surface area (Å²) in [7, 11) is 0. The summed E-state index contributed by atoms with van der Waals surface area (Å²) in [6.07, 6.45) is 0.693. The van der Waals surface area contributed by atoms with E-state index in [2.05, 4.69) is 71.3 Å². The van der Waals surface area contributed by atoms with Crippen molar-refractivity contribution in [2.24, 2.45) is 0 Å². The molecule has 1 aliphatic rings. The van der Waals surface area contributed by atoms with E-state index in [1.165, 1.54) is 10.8 Å². The number of aliphatic hydroxyl groups excluding tert-OH is 1. The zero-order chi connectivity index (χ0) is 18.6. The lowest BCUT2D eigenvalue weighted by Gasteiger charge is -2.35. The van der Waals surface area contributed by atoms with E-state index in [4.69, 9.17) is 10.1 Å². The average molecular weight is 378 g/mol. The number of aliphatic hydroxyl groups is 1. The van der Waals surface area contributed by atoms with Crippen molar-refractivity contribution in [3.63, 3.8) is 0 Å². The molecule has 148 valence electrons. The minimum Gasteiger partial charge on any atom is -0.396 e. The van der Waals surface area contributed by atoms with Crippen molar-refractivity contribution in [2.45, 2.75) is 20.8 Å². The molecular formula is C24H31N3O. The molecule has 0 bridgehead atoms. The molecule has 0 aliphatic carbocycles. The first-order valence-electron chi connectivity index (χ1n) is 9.85. The van der Waals surface area contributed by atoms with Crippen molar-refractivity contribution in [1.29, 1.82) is 0 Å². The number of piperazine rings is 1. The molecule has 1 saturated heterocycles. The van der Waals surface area contributed by atoms with Crippen LogP contribution in [0, 0.1) is 0 Å². The quantitative estimate of drug-likeness (QED) is 0.723. The molecule has 0 amide bonds. The number of hydrogen-bond donors (Lipinski definition) is 1. The van der Waals surface area contributed by atoms with E-state index in [1.807, 2.05) is 0 Å². The maximum atomic E-state index is 9.12. The van der Waals surface area contributed by atoms with Crippen LogP contribution in [0.2, 0.25) is 0 Å². The van der Waals surface area contributed by atoms with Crippen LogP contribution in [0.1, 0.15) is 19.9 Å². The highest BCUT2D eigenvalue weighted by molar-refractivity contribution is 5.95. The second kappa shape index (κ2) is 9.18. The molecule has 4 heteroatoms. The van der Waals surface area contributed by atoms with Gasteiger partial charge in [0.2, 0.25) is 0 Å². The molecule has 1 aliphatic heterocycles. The number of nitrogens with zero attached hydrogens (tertiary/aromatic N) is 3. The zero-order valence-corrected chi connectivity index (χ0v) is 15.9. The largest absolute Gasteiger partial charge is 0.396 e. The van der Waals surface area contributed by atoms with Gasteiger partial charge in [-0.05, 0) is 30.0 Å². The number of anilines is 1. The Bertz CT molecular complexity index is 899. The lowest BCUT2D eigenvalue weighted by molar-refractivity contribution is 0.271. The molecule has 4 nitrogen and oxygen atoms in total. The van der Waals surface area contributed by atoms with Crippen LogP contribution in [-0.4, -0.2) is 54.3 Å². The van der Waals surface area contributed by atoms with Gasteiger partial charge in [-0.3, -0.25) is 0 Å². The fourth-order valence-electron chi connectivity index (χ4n) is 3.82. The van der Waals surface area contributed by atoms with Crippen molar-refractivity contribution in [1.82, 2.24) is 9.88 Å². The summed E-state index contributed by atoms with van der Waals surface area (Å²) in [6, 6.07) is 19.1. The highest BCUT2D eigenvalue weighted by atomic mass is 16.2. The van der Waals surface area contributed by atoms with Crippen molar-refractivity contribution < 1.29 is 5.11 Å². The predicted octanol–water partition coefficient (Wildman–Crippen LogP) is 4.21. The van der Waals surface area contributed by atoms with Gasteiger partial charge >= 0.3 is 0 Å². The molecule has 1 N–H and O–H groups in total. The minimum absolute atomic E-state index is 0. The Hall–Kier alpha value is -2.43. The third kappa shape index (κ3) is 4.18. The molecule has 0 spiro atoms. The monoisotopic (exact) mass is 377 g/mol. The van der Waals surface area contributed by atoms with Gasteiger partial charge in [0.15, 0.2) is 0 Å². The number of benzene rings is 2. The molecule has 0 radical (unpaired) electrons. The van der Waals surface area contributed by atoms with E-state index in [0.29, 0.717) is 6.42 Å². The first-order valence-corrected chi connectivity index (χ1v) is 9.85. The van der Waals surface area contributed by atoms with Gasteiger partial charge in [0.05, 0.1) is 5.69 Å². The maximum absolute atomic E-state index is 9.12. The highest BCUT2D eigenvalue weighted by Gasteiger charge is 2.19. The van der Waals surface area contributed by atoms with Crippen LogP contribution >= 0.6 is 0 Å². The van der Waals surface area contributed by atoms with E-state index < -0.39 is 0 Å². The summed E-state index contributed by atoms with van der Waals surface area (Å²) in [5.74, 6) is 1.10. The fraction of sp³-hybridized carbons (Fsp3) is 0.375. The third-order valence-corrected chi connectivity index (χ3v) is 5.49. The van der Waals surface area contributed by atoms with Crippen LogP contribution in [-0.2, 0) is 6.42 Å². The number of likely N-dealkylation sites (N-methyl/N-ethyl adjacent to an activating group) is 1. The van der Waals surface area contributed by atoms with Crippen molar-refractivity contribution in [3.05, 3.63) is 60.2 Å². The summed E-state index contributed by atoms with van der Waals surface area (Å²) in [6.45, 7) is 7.74. The Morgan fingerprint density at radius 1 is 0.964 bits per heavy atom. The molecule has 3 aromatic rings. The molecular weight excluding hydrogens is 346 g/mol. The Morgan fingerprint density at radius 2 is 1.68 bits per heavy atom. The second-order valence-electron chi connectivity index (χ2n) is 7.14. The Labute approximate surface area is 168 Å². The smallest absolute Gasteiger partial charge is 0.137 e. The number of rotatable bonds is 5. The van der Waals surface area contributed by atoms with Gasteiger partial charge in [0.1, 0.15) is 5.82 Å². The van der Waals surface area contributed by atoms with Crippen LogP contribution in [0.25, 0.3) is 22.0 Å². The molecule has 1 fully saturated rings. The minimum atomic E-state index is 0. The normalized spacial score (nSPS) is 14.9. The number of hydrogen-bond acceptors (Lipinski definition) is 4. The SMILES string of the molecule is C.CCN1CCN(c2nc(-c3ccc(CCO)cc3)cc3ccccc23)CC1.